The van der Waals surface area contributed by atoms with Gasteiger partial charge >= 0.3 is 0 Å². The number of ether oxygens (including phenoxy) is 1. The van der Waals surface area contributed by atoms with Gasteiger partial charge in [-0.05, 0) is 37.1 Å². The molecule has 2 aromatic heterocycles. The van der Waals surface area contributed by atoms with E-state index in [9.17, 15) is 4.79 Å². The summed E-state index contributed by atoms with van der Waals surface area (Å²) in [5, 5.41) is 10.9. The number of pyridine rings is 1. The number of aliphatic hydroxyl groups is 1. The van der Waals surface area contributed by atoms with Gasteiger partial charge in [-0.15, -0.1) is 11.3 Å². The van der Waals surface area contributed by atoms with Crippen molar-refractivity contribution in [1.82, 2.24) is 9.88 Å². The molecule has 0 aliphatic carbocycles. The SMILES string of the molecule is Cc1cc2c(N3CCN(CCOCCO)C(Cc4ccccc4)C3)c3ncccc3cc(=O)c2s1. The van der Waals surface area contributed by atoms with Crippen molar-refractivity contribution in [2.75, 3.05) is 50.9 Å². The Labute approximate surface area is 209 Å². The molecule has 1 aliphatic rings. The topological polar surface area (TPSA) is 65.9 Å². The molecule has 1 fully saturated rings. The van der Waals surface area contributed by atoms with Crippen molar-refractivity contribution in [3.05, 3.63) is 81.5 Å². The molecule has 6 nitrogen and oxygen atoms in total. The average molecular weight is 490 g/mol. The molecule has 182 valence electrons. The molecule has 0 bridgehead atoms. The molecule has 1 N–H and O–H groups in total. The van der Waals surface area contributed by atoms with Crippen molar-refractivity contribution in [3.63, 3.8) is 0 Å². The van der Waals surface area contributed by atoms with Gasteiger partial charge in [0.05, 0.1) is 35.7 Å². The molecule has 1 unspecified atom stereocenters. The number of rotatable bonds is 8. The van der Waals surface area contributed by atoms with Gasteiger partial charge in [0, 0.05) is 54.1 Å². The van der Waals surface area contributed by atoms with Gasteiger partial charge in [0.25, 0.3) is 0 Å². The summed E-state index contributed by atoms with van der Waals surface area (Å²) in [6, 6.07) is 18.6. The van der Waals surface area contributed by atoms with E-state index in [2.05, 4.69) is 53.1 Å². The van der Waals surface area contributed by atoms with E-state index in [1.165, 1.54) is 5.56 Å². The first kappa shape index (κ1) is 23.9. The molecule has 5 rings (SSSR count). The highest BCUT2D eigenvalue weighted by Crippen LogP contribution is 2.36. The lowest BCUT2D eigenvalue weighted by atomic mass is 10.0. The molecule has 1 saturated heterocycles. The van der Waals surface area contributed by atoms with E-state index in [0.717, 1.165) is 64.2 Å². The Hall–Kier alpha value is -2.84. The molecule has 1 atom stereocenters. The molecule has 1 aliphatic heterocycles. The zero-order valence-corrected chi connectivity index (χ0v) is 20.8. The second kappa shape index (κ2) is 10.8. The Morgan fingerprint density at radius 2 is 1.97 bits per heavy atom. The van der Waals surface area contributed by atoms with Crippen molar-refractivity contribution in [1.29, 1.82) is 0 Å². The van der Waals surface area contributed by atoms with Gasteiger partial charge in [0.2, 0.25) is 0 Å². The van der Waals surface area contributed by atoms with E-state index in [4.69, 9.17) is 14.8 Å². The van der Waals surface area contributed by atoms with Crippen molar-refractivity contribution >= 4 is 38.0 Å². The molecule has 35 heavy (non-hydrogen) atoms. The third-order valence-electron chi connectivity index (χ3n) is 6.68. The maximum atomic E-state index is 13.1. The first-order valence-corrected chi connectivity index (χ1v) is 13.0. The summed E-state index contributed by atoms with van der Waals surface area (Å²) >= 11 is 1.57. The van der Waals surface area contributed by atoms with Crippen LogP contribution in [0.2, 0.25) is 0 Å². The van der Waals surface area contributed by atoms with E-state index < -0.39 is 0 Å². The van der Waals surface area contributed by atoms with Gasteiger partial charge in [-0.2, -0.15) is 0 Å². The first-order valence-electron chi connectivity index (χ1n) is 12.2. The van der Waals surface area contributed by atoms with Crippen LogP contribution in [0.25, 0.3) is 21.0 Å². The van der Waals surface area contributed by atoms with Crippen molar-refractivity contribution < 1.29 is 9.84 Å². The fourth-order valence-electron chi connectivity index (χ4n) is 5.08. The quantitative estimate of drug-likeness (QED) is 0.379. The van der Waals surface area contributed by atoms with Crippen LogP contribution in [-0.4, -0.2) is 67.0 Å². The lowest BCUT2D eigenvalue weighted by Crippen LogP contribution is -2.55. The van der Waals surface area contributed by atoms with Gasteiger partial charge in [-0.25, -0.2) is 0 Å². The Balaban J connectivity index is 1.54. The molecule has 3 heterocycles. The number of piperazine rings is 1. The molecular formula is C28H31N3O3S. The summed E-state index contributed by atoms with van der Waals surface area (Å²) in [5.74, 6) is 0. The highest BCUT2D eigenvalue weighted by molar-refractivity contribution is 7.19. The minimum Gasteiger partial charge on any atom is -0.394 e. The van der Waals surface area contributed by atoms with E-state index in [1.54, 1.807) is 17.4 Å². The predicted molar refractivity (Wildman–Crippen MR) is 144 cm³/mol. The molecule has 2 aromatic carbocycles. The molecule has 0 radical (unpaired) electrons. The fourth-order valence-corrected chi connectivity index (χ4v) is 6.00. The monoisotopic (exact) mass is 489 g/mol. The highest BCUT2D eigenvalue weighted by Gasteiger charge is 2.29. The van der Waals surface area contributed by atoms with E-state index in [-0.39, 0.29) is 18.1 Å². The van der Waals surface area contributed by atoms with Crippen molar-refractivity contribution in [3.8, 4) is 0 Å². The van der Waals surface area contributed by atoms with Crippen molar-refractivity contribution in [2.24, 2.45) is 0 Å². The predicted octanol–water partition coefficient (Wildman–Crippen LogP) is 3.86. The van der Waals surface area contributed by atoms with Gasteiger partial charge in [0.1, 0.15) is 0 Å². The fraction of sp³-hybridized carbons (Fsp3) is 0.357. The minimum atomic E-state index is 0.0457. The lowest BCUT2D eigenvalue weighted by molar-refractivity contribution is 0.0598. The Bertz CT molecular complexity index is 1360. The summed E-state index contributed by atoms with van der Waals surface area (Å²) in [4.78, 5) is 23.9. The number of fused-ring (bicyclic) bond motifs is 2. The maximum absolute atomic E-state index is 13.1. The molecule has 4 aromatic rings. The molecular weight excluding hydrogens is 458 g/mol. The Kier molecular flexibility index (Phi) is 7.39. The van der Waals surface area contributed by atoms with Crippen LogP contribution in [0, 0.1) is 6.92 Å². The zero-order valence-electron chi connectivity index (χ0n) is 20.0. The number of aliphatic hydroxyl groups excluding tert-OH is 1. The molecule has 7 heteroatoms. The summed E-state index contributed by atoms with van der Waals surface area (Å²) in [7, 11) is 0. The normalized spacial score (nSPS) is 16.9. The largest absolute Gasteiger partial charge is 0.394 e. The smallest absolute Gasteiger partial charge is 0.197 e. The van der Waals surface area contributed by atoms with Crippen LogP contribution in [0.15, 0.2) is 65.6 Å². The Morgan fingerprint density at radius 1 is 1.11 bits per heavy atom. The highest BCUT2D eigenvalue weighted by atomic mass is 32.1. The van der Waals surface area contributed by atoms with E-state index in [1.807, 2.05) is 18.3 Å². The molecule has 0 spiro atoms. The number of benzene rings is 1. The minimum absolute atomic E-state index is 0.0457. The second-order valence-electron chi connectivity index (χ2n) is 9.06. The van der Waals surface area contributed by atoms with Crippen LogP contribution in [0.5, 0.6) is 0 Å². The van der Waals surface area contributed by atoms with E-state index in [0.29, 0.717) is 13.2 Å². The number of nitrogens with zero attached hydrogens (tertiary/aromatic N) is 3. The number of aryl methyl sites for hydroxylation is 1. The average Bonchev–Trinajstić information content (AvgIpc) is 3.21. The number of anilines is 1. The van der Waals surface area contributed by atoms with Gasteiger partial charge in [-0.1, -0.05) is 36.4 Å². The summed E-state index contributed by atoms with van der Waals surface area (Å²) in [5.41, 5.74) is 3.32. The van der Waals surface area contributed by atoms with E-state index >= 15 is 0 Å². The van der Waals surface area contributed by atoms with Crippen LogP contribution in [0.4, 0.5) is 5.69 Å². The summed E-state index contributed by atoms with van der Waals surface area (Å²) < 4.78 is 6.39. The van der Waals surface area contributed by atoms with Crippen molar-refractivity contribution in [2.45, 2.75) is 19.4 Å². The van der Waals surface area contributed by atoms with Crippen LogP contribution < -0.4 is 10.3 Å². The molecule has 0 saturated carbocycles. The standard InChI is InChI=1S/C28H31N3O3S/c1-20-16-24-27(26-22(8-5-9-29-26)18-25(33)28(24)35-20)31-11-10-30(12-14-34-15-13-32)23(19-31)17-21-6-3-2-4-7-21/h2-9,16,18,23,32H,10-15,17,19H2,1H3. The van der Waals surface area contributed by atoms with Gasteiger partial charge < -0.3 is 14.7 Å². The number of thiophene rings is 1. The first-order chi connectivity index (χ1) is 17.1. The van der Waals surface area contributed by atoms with Crippen LogP contribution in [-0.2, 0) is 11.2 Å². The van der Waals surface area contributed by atoms with Crippen LogP contribution in [0.1, 0.15) is 10.4 Å². The zero-order chi connectivity index (χ0) is 24.2. The summed E-state index contributed by atoms with van der Waals surface area (Å²) in [6.45, 7) is 6.48. The second-order valence-corrected chi connectivity index (χ2v) is 10.3. The number of hydrogen-bond acceptors (Lipinski definition) is 7. The van der Waals surface area contributed by atoms with Crippen LogP contribution >= 0.6 is 11.3 Å². The van der Waals surface area contributed by atoms with Crippen LogP contribution in [0.3, 0.4) is 0 Å². The maximum Gasteiger partial charge on any atom is 0.197 e. The third-order valence-corrected chi connectivity index (χ3v) is 7.74. The number of aromatic nitrogens is 1. The molecule has 0 amide bonds. The number of hydrogen-bond donors (Lipinski definition) is 1. The lowest BCUT2D eigenvalue weighted by Gasteiger charge is -2.43. The third kappa shape index (κ3) is 5.23. The summed E-state index contributed by atoms with van der Waals surface area (Å²) in [6.07, 6.45) is 2.75. The van der Waals surface area contributed by atoms with Gasteiger partial charge in [0.15, 0.2) is 5.43 Å². The Morgan fingerprint density at radius 3 is 2.80 bits per heavy atom. The van der Waals surface area contributed by atoms with Gasteiger partial charge in [-0.3, -0.25) is 14.7 Å².